The molecule has 0 aliphatic heterocycles. The average Bonchev–Trinajstić information content (AvgIpc) is 2.48. The molecule has 1 aromatic heterocycles. The largest absolute Gasteiger partial charge is 0.487 e. The summed E-state index contributed by atoms with van der Waals surface area (Å²) in [5.41, 5.74) is 0.376. The molecular weight excluding hydrogens is 296 g/mol. The summed E-state index contributed by atoms with van der Waals surface area (Å²) in [6.07, 6.45) is 1.32. The van der Waals surface area contributed by atoms with Gasteiger partial charge >= 0.3 is 5.97 Å². The van der Waals surface area contributed by atoms with Gasteiger partial charge in [0, 0.05) is 11.2 Å². The Morgan fingerprint density at radius 3 is 2.81 bits per heavy atom. The van der Waals surface area contributed by atoms with E-state index in [1.165, 1.54) is 18.3 Å². The Balaban J connectivity index is 2.14. The molecular formula is C14H11ClN2O4. The summed E-state index contributed by atoms with van der Waals surface area (Å²) in [5.74, 6) is -0.593. The molecule has 0 atom stereocenters. The molecule has 1 aromatic carbocycles. The number of aromatic carboxylic acids is 1. The third kappa shape index (κ3) is 3.93. The van der Waals surface area contributed by atoms with Crippen LogP contribution in [0.1, 0.15) is 16.1 Å². The molecule has 0 aliphatic carbocycles. The molecule has 0 saturated carbocycles. The van der Waals surface area contributed by atoms with E-state index in [0.29, 0.717) is 10.8 Å². The summed E-state index contributed by atoms with van der Waals surface area (Å²) in [7, 11) is 0. The molecule has 0 aliphatic rings. The molecule has 21 heavy (non-hydrogen) atoms. The molecule has 1 heterocycles. The van der Waals surface area contributed by atoms with Gasteiger partial charge in [-0.3, -0.25) is 4.98 Å². The van der Waals surface area contributed by atoms with Crippen LogP contribution in [0.4, 0.5) is 0 Å². The summed E-state index contributed by atoms with van der Waals surface area (Å²) in [6.45, 7) is -0.0765. The lowest BCUT2D eigenvalue weighted by Crippen LogP contribution is -2.15. The maximum atomic E-state index is 10.9. The number of rotatable bonds is 5. The zero-order valence-electron chi connectivity index (χ0n) is 10.7. The van der Waals surface area contributed by atoms with E-state index in [2.05, 4.69) is 10.1 Å². The maximum Gasteiger partial charge on any atom is 0.335 e. The van der Waals surface area contributed by atoms with Crippen LogP contribution in [0.5, 0.6) is 5.75 Å². The minimum atomic E-state index is -1.09. The Morgan fingerprint density at radius 1 is 1.33 bits per heavy atom. The third-order valence-electron chi connectivity index (χ3n) is 2.59. The second-order valence-corrected chi connectivity index (χ2v) is 4.46. The van der Waals surface area contributed by atoms with E-state index in [1.807, 2.05) is 0 Å². The molecule has 2 N–H and O–H groups in total. The smallest absolute Gasteiger partial charge is 0.335 e. The Kier molecular flexibility index (Phi) is 4.73. The number of carbonyl (C=O) groups is 1. The predicted molar refractivity (Wildman–Crippen MR) is 76.5 cm³/mol. The SMILES string of the molecule is O=C(O)c1ccnc(/C(COc2cccc(Cl)c2)=N/O)c1. The van der Waals surface area contributed by atoms with Gasteiger partial charge in [0.15, 0.2) is 0 Å². The average molecular weight is 307 g/mol. The van der Waals surface area contributed by atoms with Crippen LogP contribution in [-0.4, -0.2) is 33.6 Å². The zero-order chi connectivity index (χ0) is 15.2. The van der Waals surface area contributed by atoms with Crippen LogP contribution in [0.15, 0.2) is 47.8 Å². The highest BCUT2D eigenvalue weighted by Gasteiger charge is 2.11. The molecule has 0 unspecified atom stereocenters. The number of carboxylic acid groups (broad SMARTS) is 1. The summed E-state index contributed by atoms with van der Waals surface area (Å²) in [6, 6.07) is 9.38. The molecule has 108 valence electrons. The maximum absolute atomic E-state index is 10.9. The van der Waals surface area contributed by atoms with Gasteiger partial charge in [-0.2, -0.15) is 0 Å². The van der Waals surface area contributed by atoms with Gasteiger partial charge in [-0.15, -0.1) is 0 Å². The Hall–Kier alpha value is -2.60. The zero-order valence-corrected chi connectivity index (χ0v) is 11.5. The van der Waals surface area contributed by atoms with E-state index < -0.39 is 5.97 Å². The van der Waals surface area contributed by atoms with Gasteiger partial charge in [0.05, 0.1) is 11.3 Å². The Labute approximate surface area is 125 Å². The van der Waals surface area contributed by atoms with E-state index in [0.717, 1.165) is 0 Å². The van der Waals surface area contributed by atoms with Crippen molar-refractivity contribution in [1.82, 2.24) is 4.98 Å². The number of hydrogen-bond acceptors (Lipinski definition) is 5. The van der Waals surface area contributed by atoms with E-state index in [1.54, 1.807) is 24.3 Å². The first-order chi connectivity index (χ1) is 10.1. The van der Waals surface area contributed by atoms with Gasteiger partial charge in [-0.1, -0.05) is 22.8 Å². The fraction of sp³-hybridized carbons (Fsp3) is 0.0714. The highest BCUT2D eigenvalue weighted by atomic mass is 35.5. The van der Waals surface area contributed by atoms with Crippen LogP contribution in [0, 0.1) is 0 Å². The van der Waals surface area contributed by atoms with E-state index in [9.17, 15) is 4.79 Å². The first kappa shape index (κ1) is 14.8. The van der Waals surface area contributed by atoms with Gasteiger partial charge in [-0.05, 0) is 30.3 Å². The first-order valence-electron chi connectivity index (χ1n) is 5.89. The first-order valence-corrected chi connectivity index (χ1v) is 6.27. The van der Waals surface area contributed by atoms with Crippen LogP contribution < -0.4 is 4.74 Å². The van der Waals surface area contributed by atoms with Crippen LogP contribution in [0.3, 0.4) is 0 Å². The van der Waals surface area contributed by atoms with Crippen molar-refractivity contribution in [3.05, 3.63) is 58.9 Å². The molecule has 0 fully saturated rings. The van der Waals surface area contributed by atoms with Gasteiger partial charge in [-0.25, -0.2) is 4.79 Å². The standard InChI is InChI=1S/C14H11ClN2O4/c15-10-2-1-3-11(7-10)21-8-13(17-20)12-6-9(14(18)19)4-5-16-12/h1-7,20H,8H2,(H,18,19)/b17-13+. The molecule has 0 saturated heterocycles. The van der Waals surface area contributed by atoms with Crippen molar-refractivity contribution >= 4 is 23.3 Å². The van der Waals surface area contributed by atoms with Crippen molar-refractivity contribution in [1.29, 1.82) is 0 Å². The molecule has 6 nitrogen and oxygen atoms in total. The van der Waals surface area contributed by atoms with Gasteiger partial charge in [0.2, 0.25) is 0 Å². The van der Waals surface area contributed by atoms with E-state index in [4.69, 9.17) is 26.7 Å². The van der Waals surface area contributed by atoms with Gasteiger partial charge < -0.3 is 15.1 Å². The number of ether oxygens (including phenoxy) is 1. The van der Waals surface area contributed by atoms with Crippen molar-refractivity contribution in [3.8, 4) is 5.75 Å². The van der Waals surface area contributed by atoms with Crippen molar-refractivity contribution in [3.63, 3.8) is 0 Å². The monoisotopic (exact) mass is 306 g/mol. The third-order valence-corrected chi connectivity index (χ3v) is 2.83. The van der Waals surface area contributed by atoms with Crippen LogP contribution in [-0.2, 0) is 0 Å². The molecule has 7 heteroatoms. The number of oxime groups is 1. The second-order valence-electron chi connectivity index (χ2n) is 4.03. The van der Waals surface area contributed by atoms with Crippen LogP contribution in [0.25, 0.3) is 0 Å². The molecule has 0 amide bonds. The van der Waals surface area contributed by atoms with Gasteiger partial charge in [0.25, 0.3) is 0 Å². The lowest BCUT2D eigenvalue weighted by Gasteiger charge is -2.08. The number of hydrogen-bond donors (Lipinski definition) is 2. The normalized spacial score (nSPS) is 11.2. The molecule has 2 rings (SSSR count). The van der Waals surface area contributed by atoms with E-state index in [-0.39, 0.29) is 23.6 Å². The quantitative estimate of drug-likeness (QED) is 0.503. The van der Waals surface area contributed by atoms with Crippen molar-refractivity contribution in [2.45, 2.75) is 0 Å². The summed E-state index contributed by atoms with van der Waals surface area (Å²) in [4.78, 5) is 14.9. The number of pyridine rings is 1. The highest BCUT2D eigenvalue weighted by Crippen LogP contribution is 2.17. The molecule has 0 spiro atoms. The topological polar surface area (TPSA) is 92.0 Å². The Bertz CT molecular complexity index is 688. The van der Waals surface area contributed by atoms with Gasteiger partial charge in [0.1, 0.15) is 18.1 Å². The fourth-order valence-electron chi connectivity index (χ4n) is 1.58. The van der Waals surface area contributed by atoms with Crippen LogP contribution in [0.2, 0.25) is 5.02 Å². The molecule has 2 aromatic rings. The Morgan fingerprint density at radius 2 is 2.14 bits per heavy atom. The van der Waals surface area contributed by atoms with Crippen molar-refractivity contribution < 1.29 is 19.8 Å². The van der Waals surface area contributed by atoms with Crippen LogP contribution >= 0.6 is 11.6 Å². The summed E-state index contributed by atoms with van der Waals surface area (Å²) in [5, 5.41) is 21.6. The number of benzene rings is 1. The fourth-order valence-corrected chi connectivity index (χ4v) is 1.76. The predicted octanol–water partition coefficient (Wildman–Crippen LogP) is 2.69. The minimum absolute atomic E-state index is 0.0453. The minimum Gasteiger partial charge on any atom is -0.487 e. The summed E-state index contributed by atoms with van der Waals surface area (Å²) >= 11 is 5.83. The molecule has 0 radical (unpaired) electrons. The number of nitrogens with zero attached hydrogens (tertiary/aromatic N) is 2. The van der Waals surface area contributed by atoms with Crippen molar-refractivity contribution in [2.24, 2.45) is 5.16 Å². The number of aromatic nitrogens is 1. The summed E-state index contributed by atoms with van der Waals surface area (Å²) < 4.78 is 5.43. The lowest BCUT2D eigenvalue weighted by molar-refractivity contribution is 0.0696. The molecule has 0 bridgehead atoms. The lowest BCUT2D eigenvalue weighted by atomic mass is 10.2. The second kappa shape index (κ2) is 6.71. The number of halogens is 1. The van der Waals surface area contributed by atoms with Crippen molar-refractivity contribution in [2.75, 3.05) is 6.61 Å². The highest BCUT2D eigenvalue weighted by molar-refractivity contribution is 6.30. The number of carboxylic acids is 1. The van der Waals surface area contributed by atoms with E-state index >= 15 is 0 Å².